The maximum Gasteiger partial charge on any atom is 0.243 e. The van der Waals surface area contributed by atoms with Crippen molar-refractivity contribution in [3.8, 4) is 5.75 Å². The molecule has 0 unspecified atom stereocenters. The van der Waals surface area contributed by atoms with Crippen molar-refractivity contribution >= 4 is 11.8 Å². The molecule has 2 aliphatic rings. The van der Waals surface area contributed by atoms with Crippen LogP contribution in [0.3, 0.4) is 0 Å². The molecule has 164 valence electrons. The van der Waals surface area contributed by atoms with Gasteiger partial charge in [0.05, 0.1) is 6.04 Å². The number of carbonyl (C=O) groups is 2. The Morgan fingerprint density at radius 2 is 1.87 bits per heavy atom. The highest BCUT2D eigenvalue weighted by Gasteiger charge is 2.37. The first-order chi connectivity index (χ1) is 14.7. The SMILES string of the molecule is CC(C)(C)CC(=O)N1Cc2cc(O)ccc2C[C@H]1C(=O)N[C@@H]1CCCc2ccccc21. The summed E-state index contributed by atoms with van der Waals surface area (Å²) in [5.41, 5.74) is 4.25. The second kappa shape index (κ2) is 8.37. The maximum atomic E-state index is 13.5. The van der Waals surface area contributed by atoms with Gasteiger partial charge in [-0.1, -0.05) is 51.1 Å². The molecule has 2 amide bonds. The Bertz CT molecular complexity index is 992. The van der Waals surface area contributed by atoms with Crippen LogP contribution < -0.4 is 5.32 Å². The summed E-state index contributed by atoms with van der Waals surface area (Å²) >= 11 is 0. The summed E-state index contributed by atoms with van der Waals surface area (Å²) in [5.74, 6) is 0.0667. The Balaban J connectivity index is 1.60. The standard InChI is InChI=1S/C26H32N2O3/c1-26(2,3)15-24(30)28-16-19-13-20(29)12-11-18(19)14-23(28)25(31)27-22-10-6-8-17-7-4-5-9-21(17)22/h4-5,7,9,11-13,22-23,29H,6,8,10,14-16H2,1-3H3,(H,27,31)/t22-,23+/m1/s1. The van der Waals surface area contributed by atoms with E-state index in [1.807, 2.05) is 39.0 Å². The fourth-order valence-electron chi connectivity index (χ4n) is 4.79. The second-order valence-corrected chi connectivity index (χ2v) is 10.1. The molecule has 0 radical (unpaired) electrons. The molecule has 5 nitrogen and oxygen atoms in total. The summed E-state index contributed by atoms with van der Waals surface area (Å²) in [6.45, 7) is 6.44. The number of aryl methyl sites for hydroxylation is 1. The number of nitrogens with one attached hydrogen (secondary N) is 1. The number of hydrogen-bond acceptors (Lipinski definition) is 3. The van der Waals surface area contributed by atoms with Gasteiger partial charge < -0.3 is 15.3 Å². The molecule has 1 aliphatic heterocycles. The number of nitrogens with zero attached hydrogens (tertiary/aromatic N) is 1. The number of carbonyl (C=O) groups excluding carboxylic acids is 2. The lowest BCUT2D eigenvalue weighted by molar-refractivity contribution is -0.143. The van der Waals surface area contributed by atoms with Gasteiger partial charge in [-0.05, 0) is 59.1 Å². The molecule has 1 heterocycles. The van der Waals surface area contributed by atoms with Crippen molar-refractivity contribution in [3.05, 3.63) is 64.7 Å². The molecule has 2 aromatic rings. The smallest absolute Gasteiger partial charge is 0.243 e. The second-order valence-electron chi connectivity index (χ2n) is 10.1. The van der Waals surface area contributed by atoms with E-state index in [9.17, 15) is 14.7 Å². The van der Waals surface area contributed by atoms with Gasteiger partial charge >= 0.3 is 0 Å². The molecule has 0 spiro atoms. The monoisotopic (exact) mass is 420 g/mol. The van der Waals surface area contributed by atoms with E-state index >= 15 is 0 Å². The molecule has 5 heteroatoms. The van der Waals surface area contributed by atoms with E-state index in [1.165, 1.54) is 11.1 Å². The van der Waals surface area contributed by atoms with Crippen LogP contribution in [0.5, 0.6) is 5.75 Å². The summed E-state index contributed by atoms with van der Waals surface area (Å²) < 4.78 is 0. The molecule has 2 atom stereocenters. The van der Waals surface area contributed by atoms with Gasteiger partial charge in [0.25, 0.3) is 0 Å². The predicted molar refractivity (Wildman–Crippen MR) is 120 cm³/mol. The molecule has 4 rings (SSSR count). The number of rotatable bonds is 3. The van der Waals surface area contributed by atoms with Crippen LogP contribution in [0.1, 0.15) is 68.3 Å². The Morgan fingerprint density at radius 3 is 2.65 bits per heavy atom. The van der Waals surface area contributed by atoms with E-state index in [4.69, 9.17) is 0 Å². The van der Waals surface area contributed by atoms with E-state index in [-0.39, 0.29) is 29.0 Å². The number of phenolic OH excluding ortho intramolecular Hbond substituents is 1. The van der Waals surface area contributed by atoms with Crippen LogP contribution in [0.25, 0.3) is 0 Å². The van der Waals surface area contributed by atoms with Crippen LogP contribution in [0, 0.1) is 5.41 Å². The molecule has 0 saturated heterocycles. The summed E-state index contributed by atoms with van der Waals surface area (Å²) in [6.07, 6.45) is 3.83. The molecule has 31 heavy (non-hydrogen) atoms. The van der Waals surface area contributed by atoms with Gasteiger partial charge in [-0.15, -0.1) is 0 Å². The van der Waals surface area contributed by atoms with Gasteiger partial charge in [0.1, 0.15) is 11.8 Å². The van der Waals surface area contributed by atoms with Crippen LogP contribution in [-0.2, 0) is 29.0 Å². The lowest BCUT2D eigenvalue weighted by Crippen LogP contribution is -2.53. The van der Waals surface area contributed by atoms with Gasteiger partial charge in [-0.2, -0.15) is 0 Å². The zero-order valence-corrected chi connectivity index (χ0v) is 18.6. The average molecular weight is 421 g/mol. The van der Waals surface area contributed by atoms with Crippen molar-refractivity contribution in [3.63, 3.8) is 0 Å². The fraction of sp³-hybridized carbons (Fsp3) is 0.462. The molecule has 0 aromatic heterocycles. The van der Waals surface area contributed by atoms with Gasteiger partial charge in [-0.25, -0.2) is 0 Å². The normalized spacial score (nSPS) is 20.5. The van der Waals surface area contributed by atoms with Crippen molar-refractivity contribution in [2.24, 2.45) is 5.41 Å². The van der Waals surface area contributed by atoms with Crippen LogP contribution in [0.2, 0.25) is 0 Å². The van der Waals surface area contributed by atoms with Crippen LogP contribution in [0.15, 0.2) is 42.5 Å². The molecular formula is C26H32N2O3. The zero-order chi connectivity index (χ0) is 22.2. The molecule has 2 aromatic carbocycles. The quantitative estimate of drug-likeness (QED) is 0.779. The van der Waals surface area contributed by atoms with E-state index < -0.39 is 6.04 Å². The summed E-state index contributed by atoms with van der Waals surface area (Å²) in [4.78, 5) is 28.4. The van der Waals surface area contributed by atoms with Crippen LogP contribution in [0.4, 0.5) is 0 Å². The Labute approximate surface area is 184 Å². The van der Waals surface area contributed by atoms with Crippen molar-refractivity contribution in [2.45, 2.75) is 71.5 Å². The highest BCUT2D eigenvalue weighted by atomic mass is 16.3. The predicted octanol–water partition coefficient (Wildman–Crippen LogP) is 4.28. The number of fused-ring (bicyclic) bond motifs is 2. The minimum atomic E-state index is -0.541. The van der Waals surface area contributed by atoms with Gasteiger partial charge in [-0.3, -0.25) is 9.59 Å². The van der Waals surface area contributed by atoms with Crippen molar-refractivity contribution in [1.82, 2.24) is 10.2 Å². The molecule has 2 N–H and O–H groups in total. The minimum absolute atomic E-state index is 0.0155. The summed E-state index contributed by atoms with van der Waals surface area (Å²) in [6, 6.07) is 13.0. The molecular weight excluding hydrogens is 388 g/mol. The van der Waals surface area contributed by atoms with E-state index in [2.05, 4.69) is 17.4 Å². The first-order valence-corrected chi connectivity index (χ1v) is 11.2. The molecule has 0 fully saturated rings. The zero-order valence-electron chi connectivity index (χ0n) is 18.6. The third-order valence-electron chi connectivity index (χ3n) is 6.31. The highest BCUT2D eigenvalue weighted by Crippen LogP contribution is 2.32. The number of hydrogen-bond donors (Lipinski definition) is 2. The molecule has 1 aliphatic carbocycles. The average Bonchev–Trinajstić information content (AvgIpc) is 2.71. The first-order valence-electron chi connectivity index (χ1n) is 11.2. The third kappa shape index (κ3) is 4.76. The van der Waals surface area contributed by atoms with Gasteiger partial charge in [0, 0.05) is 19.4 Å². The van der Waals surface area contributed by atoms with E-state index in [0.717, 1.165) is 30.4 Å². The third-order valence-corrected chi connectivity index (χ3v) is 6.31. The maximum absolute atomic E-state index is 13.5. The Kier molecular flexibility index (Phi) is 5.78. The lowest BCUT2D eigenvalue weighted by Gasteiger charge is -2.38. The number of aromatic hydroxyl groups is 1. The number of amides is 2. The van der Waals surface area contributed by atoms with E-state index in [1.54, 1.807) is 17.0 Å². The Morgan fingerprint density at radius 1 is 1.10 bits per heavy atom. The topological polar surface area (TPSA) is 69.6 Å². The van der Waals surface area contributed by atoms with Crippen LogP contribution >= 0.6 is 0 Å². The molecule has 0 saturated carbocycles. The molecule has 0 bridgehead atoms. The first kappa shape index (κ1) is 21.4. The number of benzene rings is 2. The highest BCUT2D eigenvalue weighted by molar-refractivity contribution is 5.89. The summed E-state index contributed by atoms with van der Waals surface area (Å²) in [7, 11) is 0. The van der Waals surface area contributed by atoms with E-state index in [0.29, 0.717) is 19.4 Å². The van der Waals surface area contributed by atoms with Crippen molar-refractivity contribution in [1.29, 1.82) is 0 Å². The van der Waals surface area contributed by atoms with Crippen molar-refractivity contribution < 1.29 is 14.7 Å². The minimum Gasteiger partial charge on any atom is -0.508 e. The van der Waals surface area contributed by atoms with Crippen LogP contribution in [-0.4, -0.2) is 27.9 Å². The largest absolute Gasteiger partial charge is 0.508 e. The number of phenols is 1. The van der Waals surface area contributed by atoms with Gasteiger partial charge in [0.15, 0.2) is 0 Å². The van der Waals surface area contributed by atoms with Crippen molar-refractivity contribution in [2.75, 3.05) is 0 Å². The summed E-state index contributed by atoms with van der Waals surface area (Å²) in [5, 5.41) is 13.2. The lowest BCUT2D eigenvalue weighted by atomic mass is 9.86. The Hall–Kier alpha value is -2.82. The van der Waals surface area contributed by atoms with Gasteiger partial charge in [0.2, 0.25) is 11.8 Å². The fourth-order valence-corrected chi connectivity index (χ4v) is 4.79.